The van der Waals surface area contributed by atoms with Crippen LogP contribution < -0.4 is 0 Å². The van der Waals surface area contributed by atoms with Gasteiger partial charge in [0.1, 0.15) is 0 Å². The van der Waals surface area contributed by atoms with Gasteiger partial charge >= 0.3 is 9.05 Å². The van der Waals surface area contributed by atoms with E-state index >= 15 is 0 Å². The van der Waals surface area contributed by atoms with E-state index in [2.05, 4.69) is 0 Å². The Bertz CT molecular complexity index is 36.0. The van der Waals surface area contributed by atoms with Crippen molar-refractivity contribution < 1.29 is 70.1 Å². The quantitative estimate of drug-likeness (QED) is 0.342. The van der Waals surface area contributed by atoms with Crippen LogP contribution in [0, 0.1) is 0 Å². The second-order valence-corrected chi connectivity index (χ2v) is 1.80. The summed E-state index contributed by atoms with van der Waals surface area (Å²) in [6.07, 6.45) is 0. The van der Waals surface area contributed by atoms with E-state index in [9.17, 15) is 0 Å². The molecule has 9 heteroatoms. The van der Waals surface area contributed by atoms with E-state index in [-0.39, 0.29) is 59.3 Å². The summed E-state index contributed by atoms with van der Waals surface area (Å²) in [6.45, 7) is 0. The molecule has 0 fully saturated rings. The maximum Gasteiger partial charge on any atom is 0.668 e. The Morgan fingerprint density at radius 2 is 0.889 bits per heavy atom. The maximum atomic E-state index is 7.33. The smallest absolute Gasteiger partial charge is 0.368 e. The summed E-state index contributed by atoms with van der Waals surface area (Å²) >= 11 is 0. The van der Waals surface area contributed by atoms with E-state index in [0.29, 0.717) is 0 Å². The molecule has 0 spiro atoms. The van der Waals surface area contributed by atoms with Crippen LogP contribution in [0.4, 0.5) is 0 Å². The molecule has 0 heterocycles. The topological polar surface area (TPSA) is 80.9 Å². The molecule has 0 saturated carbocycles. The third-order valence-corrected chi connectivity index (χ3v) is 0. The average molecular weight is 276 g/mol. The normalized spacial score (nSPS) is 6.67. The van der Waals surface area contributed by atoms with Crippen LogP contribution in [0.15, 0.2) is 0 Å². The van der Waals surface area contributed by atoms with Crippen LogP contribution in [0.3, 0.4) is 0 Å². The van der Waals surface area contributed by atoms with Crippen LogP contribution in [0.5, 0.6) is 0 Å². The maximum absolute atomic E-state index is 7.33. The second-order valence-electron chi connectivity index (χ2n) is 0.600. The van der Waals surface area contributed by atoms with Gasteiger partial charge in [0.2, 0.25) is 0 Å². The minimum atomic E-state index is -4.61. The van der Waals surface area contributed by atoms with Gasteiger partial charge in [-0.15, -0.1) is 0 Å². The van der Waals surface area contributed by atoms with E-state index in [1.165, 1.54) is 0 Å². The van der Waals surface area contributed by atoms with Gasteiger partial charge in [0.05, 0.1) is 8.41 Å². The fraction of sp³-hybridized carbons (Fsp3) is 0. The van der Waals surface area contributed by atoms with Crippen molar-refractivity contribution in [3.8, 4) is 0 Å². The van der Waals surface area contributed by atoms with Crippen LogP contribution in [0.2, 0.25) is 0 Å². The van der Waals surface area contributed by atoms with Gasteiger partial charge in [-0.1, -0.05) is 0 Å². The second kappa shape index (κ2) is 12.4. The molecule has 0 aromatic heterocycles. The van der Waals surface area contributed by atoms with Gasteiger partial charge in [-0.25, -0.2) is 0 Å². The minimum absolute atomic E-state index is 0. The summed E-state index contributed by atoms with van der Waals surface area (Å²) in [7, 11) is -4.61. The van der Waals surface area contributed by atoms with Gasteiger partial charge in [-0.05, 0) is 0 Å². The van der Waals surface area contributed by atoms with Crippen LogP contribution in [-0.4, -0.2) is 36.6 Å². The molecule has 0 saturated heterocycles. The van der Waals surface area contributed by atoms with Crippen molar-refractivity contribution >= 4 is 17.5 Å². The largest absolute Gasteiger partial charge is 0.668 e. The minimum Gasteiger partial charge on any atom is -0.368 e. The van der Waals surface area contributed by atoms with E-state index in [1.54, 1.807) is 0 Å². The van der Waals surface area contributed by atoms with Gasteiger partial charge < -0.3 is 19.2 Å². The van der Waals surface area contributed by atoms with Crippen molar-refractivity contribution in [2.75, 3.05) is 0 Å². The number of rotatable bonds is 0. The van der Waals surface area contributed by atoms with Crippen molar-refractivity contribution in [3.63, 3.8) is 0 Å². The molecule has 0 aromatic carbocycles. The van der Waals surface area contributed by atoms with E-state index < -0.39 is 9.05 Å². The van der Waals surface area contributed by atoms with E-state index in [4.69, 9.17) is 19.2 Å². The molecule has 0 radical (unpaired) electrons. The zero-order valence-electron chi connectivity index (χ0n) is 3.37. The Labute approximate surface area is 87.3 Å². The molecule has 62 valence electrons. The van der Waals surface area contributed by atoms with E-state index in [1.807, 2.05) is 0 Å². The molecule has 0 atom stereocenters. The molecule has 0 amide bonds. The van der Waals surface area contributed by atoms with Crippen LogP contribution in [-0.2, 0) is 50.9 Å². The predicted molar refractivity (Wildman–Crippen MR) is 24.6 cm³/mol. The van der Waals surface area contributed by atoms with Crippen LogP contribution in [0.1, 0.15) is 0 Å². The Kier molecular flexibility index (Phi) is 42.6. The zero-order chi connectivity index (χ0) is 4.50. The first-order chi connectivity index (χ1) is 2.00. The molecular weight excluding hydrogens is 269 g/mol. The first kappa shape index (κ1) is 31.0. The number of hydrogen-bond donors (Lipinski definition) is 4. The number of hydrogen-bond acceptors (Lipinski definition) is 4. The van der Waals surface area contributed by atoms with Gasteiger partial charge in [-0.2, -0.15) is 0 Å². The van der Waals surface area contributed by atoms with Gasteiger partial charge in [0.25, 0.3) is 0 Å². The molecule has 4 nitrogen and oxygen atoms in total. The van der Waals surface area contributed by atoms with Crippen molar-refractivity contribution in [3.05, 3.63) is 0 Å². The van der Waals surface area contributed by atoms with Crippen molar-refractivity contribution in [1.82, 2.24) is 0 Å². The predicted octanol–water partition coefficient (Wildman–Crippen LogP) is -3.80. The van der Waals surface area contributed by atoms with Gasteiger partial charge in [0, 0.05) is 50.9 Å². The Morgan fingerprint density at radius 1 is 0.889 bits per heavy atom. The fourth-order valence-electron chi connectivity index (χ4n) is 0. The van der Waals surface area contributed by atoms with Crippen molar-refractivity contribution in [2.45, 2.75) is 0 Å². The third kappa shape index (κ3) is 204. The van der Waals surface area contributed by atoms with Gasteiger partial charge in [0.15, 0.2) is 0 Å². The van der Waals surface area contributed by atoms with Crippen LogP contribution in [0.25, 0.3) is 0 Å². The Morgan fingerprint density at radius 3 is 0.889 bits per heavy atom. The molecule has 0 aliphatic rings. The molecule has 0 aliphatic carbocycles. The van der Waals surface area contributed by atoms with Crippen LogP contribution >= 0.6 is 0 Å². The fourth-order valence-corrected chi connectivity index (χ4v) is 0. The summed E-state index contributed by atoms with van der Waals surface area (Å²) in [5, 5.41) is 0. The summed E-state index contributed by atoms with van der Waals surface area (Å²) in [5.74, 6) is 0. The average Bonchev–Trinajstić information content (AvgIpc) is 0.722. The molecule has 0 rings (SSSR count). The monoisotopic (exact) mass is 276 g/mol. The van der Waals surface area contributed by atoms with E-state index in [0.717, 1.165) is 0 Å². The SMILES string of the molecule is B.O[Si](O)(O)O.[Cr].[Fe].[Ni]. The summed E-state index contributed by atoms with van der Waals surface area (Å²) < 4.78 is 0. The Balaban J connectivity index is -0.0000000133. The molecule has 0 aromatic rings. The summed E-state index contributed by atoms with van der Waals surface area (Å²) in [6, 6.07) is 0. The molecule has 0 aliphatic heterocycles. The summed E-state index contributed by atoms with van der Waals surface area (Å²) in [4.78, 5) is 29.3. The molecule has 9 heavy (non-hydrogen) atoms. The van der Waals surface area contributed by atoms with Crippen molar-refractivity contribution in [1.29, 1.82) is 0 Å². The molecule has 0 bridgehead atoms. The molecule has 4 N–H and O–H groups in total. The first-order valence-electron chi connectivity index (χ1n) is 0.894. The van der Waals surface area contributed by atoms with Gasteiger partial charge in [-0.3, -0.25) is 0 Å². The Hall–Kier alpha value is 1.67. The van der Waals surface area contributed by atoms with Crippen molar-refractivity contribution in [2.24, 2.45) is 0 Å². The third-order valence-electron chi connectivity index (χ3n) is 0. The summed E-state index contributed by atoms with van der Waals surface area (Å²) in [5.41, 5.74) is 0. The molecular formula is H7BCrFeNiO4Si. The first-order valence-corrected chi connectivity index (χ1v) is 2.68. The zero-order valence-corrected chi connectivity index (χ0v) is 7.73. The standard InChI is InChI=1S/BH3.Cr.Fe.Ni.H4O4Si/c;;;;1-5(2,3)4/h1H3;;;;1-4H. The molecule has 0 unspecified atom stereocenters.